The second-order valence-corrected chi connectivity index (χ2v) is 3.80. The van der Waals surface area contributed by atoms with E-state index in [0.717, 1.165) is 12.1 Å². The molecule has 12 heavy (non-hydrogen) atoms. The molecule has 0 N–H and O–H groups in total. The predicted molar refractivity (Wildman–Crippen MR) is 58.1 cm³/mol. The first-order chi connectivity index (χ1) is 5.83. The number of aromatic nitrogens is 2. The Labute approximate surface area is 84.7 Å². The summed E-state index contributed by atoms with van der Waals surface area (Å²) in [5.74, 6) is 0. The minimum atomic E-state index is 1.01. The van der Waals surface area contributed by atoms with Crippen LogP contribution in [0.4, 0.5) is 0 Å². The molecule has 3 heteroatoms. The lowest BCUT2D eigenvalue weighted by Gasteiger charge is -1.97. The molecular formula is C9H9IN2. The zero-order valence-corrected chi connectivity index (χ0v) is 8.95. The van der Waals surface area contributed by atoms with Gasteiger partial charge in [-0.15, -0.1) is 0 Å². The normalized spacial score (nSPS) is 10.8. The molecule has 2 aromatic heterocycles. The molecule has 0 amide bonds. The van der Waals surface area contributed by atoms with Crippen molar-refractivity contribution in [1.29, 1.82) is 0 Å². The van der Waals surface area contributed by atoms with Crippen LogP contribution in [0.1, 0.15) is 6.92 Å². The molecule has 0 aliphatic carbocycles. The van der Waals surface area contributed by atoms with E-state index >= 15 is 0 Å². The van der Waals surface area contributed by atoms with Gasteiger partial charge in [-0.05, 0) is 41.6 Å². The van der Waals surface area contributed by atoms with Crippen LogP contribution in [0.5, 0.6) is 0 Å². The first-order valence-electron chi connectivity index (χ1n) is 3.92. The van der Waals surface area contributed by atoms with Crippen molar-refractivity contribution in [3.63, 3.8) is 0 Å². The van der Waals surface area contributed by atoms with Gasteiger partial charge >= 0.3 is 0 Å². The van der Waals surface area contributed by atoms with Crippen molar-refractivity contribution >= 4 is 33.6 Å². The second-order valence-electron chi connectivity index (χ2n) is 2.63. The Kier molecular flexibility index (Phi) is 2.04. The Morgan fingerprint density at radius 2 is 2.42 bits per heavy atom. The van der Waals surface area contributed by atoms with Gasteiger partial charge in [0.1, 0.15) is 5.52 Å². The van der Waals surface area contributed by atoms with Crippen LogP contribution in [0.3, 0.4) is 0 Å². The van der Waals surface area contributed by atoms with Crippen molar-refractivity contribution in [1.82, 2.24) is 9.55 Å². The Bertz CT molecular complexity index is 406. The van der Waals surface area contributed by atoms with E-state index in [0.29, 0.717) is 0 Å². The van der Waals surface area contributed by atoms with Crippen molar-refractivity contribution in [2.24, 2.45) is 0 Å². The predicted octanol–water partition coefficient (Wildman–Crippen LogP) is 2.66. The van der Waals surface area contributed by atoms with E-state index in [4.69, 9.17) is 0 Å². The molecule has 2 nitrogen and oxygen atoms in total. The summed E-state index contributed by atoms with van der Waals surface area (Å²) >= 11 is 2.32. The van der Waals surface area contributed by atoms with E-state index in [1.165, 1.54) is 9.09 Å². The molecule has 0 radical (unpaired) electrons. The summed E-state index contributed by atoms with van der Waals surface area (Å²) in [5, 5.41) is 0. The average molecular weight is 272 g/mol. The number of fused-ring (bicyclic) bond motifs is 1. The number of nitrogens with zero attached hydrogens (tertiary/aromatic N) is 2. The van der Waals surface area contributed by atoms with E-state index in [2.05, 4.69) is 51.3 Å². The number of hydrogen-bond acceptors (Lipinski definition) is 1. The van der Waals surface area contributed by atoms with E-state index in [-0.39, 0.29) is 0 Å². The van der Waals surface area contributed by atoms with Gasteiger partial charge in [0.2, 0.25) is 0 Å². The fourth-order valence-corrected chi connectivity index (χ4v) is 2.09. The second kappa shape index (κ2) is 3.05. The molecule has 2 aromatic rings. The third-order valence-electron chi connectivity index (χ3n) is 1.93. The summed E-state index contributed by atoms with van der Waals surface area (Å²) in [5.41, 5.74) is 2.34. The third-order valence-corrected chi connectivity index (χ3v) is 2.72. The van der Waals surface area contributed by atoms with Crippen molar-refractivity contribution in [3.05, 3.63) is 28.1 Å². The topological polar surface area (TPSA) is 17.8 Å². The van der Waals surface area contributed by atoms with Crippen LogP contribution in [0.2, 0.25) is 0 Å². The van der Waals surface area contributed by atoms with Crippen LogP contribution in [-0.2, 0) is 6.54 Å². The molecule has 0 aliphatic heterocycles. The first-order valence-corrected chi connectivity index (χ1v) is 5.00. The standard InChI is InChI=1S/C9H9IN2/c1-2-12-6-7(10)9-8(12)4-3-5-11-9/h3-6H,2H2,1H3. The Balaban J connectivity index is 2.82. The SMILES string of the molecule is CCn1cc(I)c2ncccc21. The Morgan fingerprint density at radius 3 is 3.17 bits per heavy atom. The largest absolute Gasteiger partial charge is 0.345 e. The summed E-state index contributed by atoms with van der Waals surface area (Å²) in [6.07, 6.45) is 3.97. The minimum Gasteiger partial charge on any atom is -0.345 e. The zero-order chi connectivity index (χ0) is 8.55. The molecule has 2 heterocycles. The third kappa shape index (κ3) is 1.12. The molecule has 0 unspecified atom stereocenters. The van der Waals surface area contributed by atoms with E-state index in [1.807, 2.05) is 12.3 Å². The minimum absolute atomic E-state index is 1.01. The number of pyridine rings is 1. The summed E-state index contributed by atoms with van der Waals surface area (Å²) in [7, 11) is 0. The highest BCUT2D eigenvalue weighted by Gasteiger charge is 2.04. The summed E-state index contributed by atoms with van der Waals surface area (Å²) < 4.78 is 3.44. The molecule has 0 saturated carbocycles. The molecule has 0 aromatic carbocycles. The average Bonchev–Trinajstić information content (AvgIpc) is 2.44. The molecular weight excluding hydrogens is 263 g/mol. The molecule has 0 aliphatic rings. The summed E-state index contributed by atoms with van der Waals surface area (Å²) in [4.78, 5) is 4.32. The van der Waals surface area contributed by atoms with Gasteiger partial charge in [-0.2, -0.15) is 0 Å². The molecule has 0 atom stereocenters. The van der Waals surface area contributed by atoms with E-state index in [1.54, 1.807) is 0 Å². The highest BCUT2D eigenvalue weighted by Crippen LogP contribution is 2.19. The molecule has 62 valence electrons. The smallest absolute Gasteiger partial charge is 0.101 e. The van der Waals surface area contributed by atoms with Crippen LogP contribution in [0, 0.1) is 3.57 Å². The van der Waals surface area contributed by atoms with Gasteiger partial charge in [-0.1, -0.05) is 0 Å². The van der Waals surface area contributed by atoms with Gasteiger partial charge in [0.25, 0.3) is 0 Å². The molecule has 2 rings (SSSR count). The van der Waals surface area contributed by atoms with Crippen LogP contribution < -0.4 is 0 Å². The maximum absolute atomic E-state index is 4.32. The van der Waals surface area contributed by atoms with Crippen molar-refractivity contribution in [2.75, 3.05) is 0 Å². The Morgan fingerprint density at radius 1 is 1.58 bits per heavy atom. The van der Waals surface area contributed by atoms with Crippen molar-refractivity contribution in [3.8, 4) is 0 Å². The van der Waals surface area contributed by atoms with Gasteiger partial charge < -0.3 is 4.57 Å². The van der Waals surface area contributed by atoms with E-state index in [9.17, 15) is 0 Å². The van der Waals surface area contributed by atoms with Crippen molar-refractivity contribution in [2.45, 2.75) is 13.5 Å². The lowest BCUT2D eigenvalue weighted by molar-refractivity contribution is 0.796. The maximum Gasteiger partial charge on any atom is 0.101 e. The molecule has 0 spiro atoms. The lowest BCUT2D eigenvalue weighted by Crippen LogP contribution is -1.89. The van der Waals surface area contributed by atoms with Gasteiger partial charge in [-0.25, -0.2) is 0 Å². The number of halogens is 1. The van der Waals surface area contributed by atoms with Gasteiger partial charge in [0.05, 0.1) is 9.09 Å². The van der Waals surface area contributed by atoms with Gasteiger partial charge in [0, 0.05) is 18.9 Å². The fraction of sp³-hybridized carbons (Fsp3) is 0.222. The molecule has 0 saturated heterocycles. The number of hydrogen-bond donors (Lipinski definition) is 0. The molecule has 0 bridgehead atoms. The summed E-state index contributed by atoms with van der Waals surface area (Å²) in [6.45, 7) is 3.15. The highest BCUT2D eigenvalue weighted by atomic mass is 127. The quantitative estimate of drug-likeness (QED) is 0.730. The summed E-state index contributed by atoms with van der Waals surface area (Å²) in [6, 6.07) is 4.08. The van der Waals surface area contributed by atoms with E-state index < -0.39 is 0 Å². The van der Waals surface area contributed by atoms with Gasteiger partial charge in [0.15, 0.2) is 0 Å². The van der Waals surface area contributed by atoms with Crippen LogP contribution >= 0.6 is 22.6 Å². The number of rotatable bonds is 1. The number of aryl methyl sites for hydroxylation is 1. The monoisotopic (exact) mass is 272 g/mol. The van der Waals surface area contributed by atoms with Gasteiger partial charge in [-0.3, -0.25) is 4.98 Å². The Hall–Kier alpha value is -0.580. The van der Waals surface area contributed by atoms with Crippen molar-refractivity contribution < 1.29 is 0 Å². The van der Waals surface area contributed by atoms with Crippen LogP contribution in [-0.4, -0.2) is 9.55 Å². The maximum atomic E-state index is 4.32. The van der Waals surface area contributed by atoms with Crippen LogP contribution in [0.25, 0.3) is 11.0 Å². The fourth-order valence-electron chi connectivity index (χ4n) is 1.34. The highest BCUT2D eigenvalue weighted by molar-refractivity contribution is 14.1. The van der Waals surface area contributed by atoms with Crippen LogP contribution in [0.15, 0.2) is 24.5 Å². The lowest BCUT2D eigenvalue weighted by atomic mass is 10.4. The molecule has 0 fully saturated rings. The zero-order valence-electron chi connectivity index (χ0n) is 6.79. The first kappa shape index (κ1) is 8.04.